The first-order valence-electron chi connectivity index (χ1n) is 12.2. The van der Waals surface area contributed by atoms with Gasteiger partial charge in [0.05, 0.1) is 17.8 Å². The number of hydrogen-bond donors (Lipinski definition) is 2. The summed E-state index contributed by atoms with van der Waals surface area (Å²) in [6, 6.07) is 15.3. The average Bonchev–Trinajstić information content (AvgIpc) is 3.28. The predicted octanol–water partition coefficient (Wildman–Crippen LogP) is 3.54. The lowest BCUT2D eigenvalue weighted by molar-refractivity contribution is 0.0696. The molecular weight excluding hydrogens is 442 g/mol. The third-order valence-electron chi connectivity index (χ3n) is 6.83. The lowest BCUT2D eigenvalue weighted by Crippen LogP contribution is -2.38. The maximum atomic E-state index is 12.9. The van der Waals surface area contributed by atoms with Crippen molar-refractivity contribution in [1.82, 2.24) is 25.2 Å². The van der Waals surface area contributed by atoms with Crippen molar-refractivity contribution < 1.29 is 14.7 Å². The van der Waals surface area contributed by atoms with Gasteiger partial charge >= 0.3 is 5.97 Å². The standard InChI is InChI=1S/C27H33N5O3/c1-3-24-25(29-30-32(24)18-23-7-5-4-6-19(23)2)26(33)28-16-20-12-14-31(15-13-20)17-21-8-10-22(11-9-21)27(34)35/h4-11,20H,3,12-18H2,1-2H3,(H,28,33)(H,34,35). The van der Waals surface area contributed by atoms with Crippen LogP contribution in [0.3, 0.4) is 0 Å². The molecule has 1 amide bonds. The number of hydrogen-bond acceptors (Lipinski definition) is 5. The molecule has 4 rings (SSSR count). The van der Waals surface area contributed by atoms with Crippen LogP contribution in [0.5, 0.6) is 0 Å². The third-order valence-corrected chi connectivity index (χ3v) is 6.83. The van der Waals surface area contributed by atoms with Gasteiger partial charge in [0, 0.05) is 13.1 Å². The molecule has 2 heterocycles. The molecule has 184 valence electrons. The number of piperidine rings is 1. The molecule has 35 heavy (non-hydrogen) atoms. The van der Waals surface area contributed by atoms with E-state index < -0.39 is 5.97 Å². The largest absolute Gasteiger partial charge is 0.478 e. The zero-order chi connectivity index (χ0) is 24.8. The average molecular weight is 476 g/mol. The number of carboxylic acids is 1. The second kappa shape index (κ2) is 11.3. The Balaban J connectivity index is 1.27. The molecule has 0 radical (unpaired) electrons. The maximum absolute atomic E-state index is 12.9. The second-order valence-electron chi connectivity index (χ2n) is 9.25. The number of nitrogens with one attached hydrogen (secondary N) is 1. The van der Waals surface area contributed by atoms with Crippen LogP contribution >= 0.6 is 0 Å². The summed E-state index contributed by atoms with van der Waals surface area (Å²) in [5.74, 6) is -0.630. The van der Waals surface area contributed by atoms with Crippen LogP contribution in [0.25, 0.3) is 0 Å². The number of carbonyl (C=O) groups excluding carboxylic acids is 1. The first-order valence-corrected chi connectivity index (χ1v) is 12.2. The van der Waals surface area contributed by atoms with Crippen LogP contribution in [0, 0.1) is 12.8 Å². The zero-order valence-corrected chi connectivity index (χ0v) is 20.4. The Morgan fingerprint density at radius 2 is 1.77 bits per heavy atom. The Morgan fingerprint density at radius 3 is 2.43 bits per heavy atom. The molecule has 0 unspecified atom stereocenters. The Labute approximate surface area is 206 Å². The molecule has 1 aliphatic rings. The molecule has 1 aromatic heterocycles. The number of nitrogens with zero attached hydrogens (tertiary/aromatic N) is 4. The van der Waals surface area contributed by atoms with Crippen molar-refractivity contribution in [2.75, 3.05) is 19.6 Å². The molecule has 1 saturated heterocycles. The molecule has 0 bridgehead atoms. The maximum Gasteiger partial charge on any atom is 0.335 e. The van der Waals surface area contributed by atoms with E-state index >= 15 is 0 Å². The molecule has 3 aromatic rings. The van der Waals surface area contributed by atoms with Gasteiger partial charge in [-0.15, -0.1) is 5.10 Å². The summed E-state index contributed by atoms with van der Waals surface area (Å²) in [7, 11) is 0. The summed E-state index contributed by atoms with van der Waals surface area (Å²) >= 11 is 0. The lowest BCUT2D eigenvalue weighted by atomic mass is 9.96. The summed E-state index contributed by atoms with van der Waals surface area (Å²) in [6.07, 6.45) is 2.70. The van der Waals surface area contributed by atoms with Crippen LogP contribution in [-0.2, 0) is 19.5 Å². The van der Waals surface area contributed by atoms with Gasteiger partial charge in [0.1, 0.15) is 0 Å². The van der Waals surface area contributed by atoms with Gasteiger partial charge < -0.3 is 10.4 Å². The van der Waals surface area contributed by atoms with Gasteiger partial charge in [-0.25, -0.2) is 9.48 Å². The summed E-state index contributed by atoms with van der Waals surface area (Å²) in [4.78, 5) is 26.3. The van der Waals surface area contributed by atoms with E-state index in [2.05, 4.69) is 39.6 Å². The van der Waals surface area contributed by atoms with E-state index in [9.17, 15) is 9.59 Å². The highest BCUT2D eigenvalue weighted by Gasteiger charge is 2.23. The van der Waals surface area contributed by atoms with Crippen LogP contribution in [0.15, 0.2) is 48.5 Å². The van der Waals surface area contributed by atoms with Gasteiger partial charge in [0.15, 0.2) is 5.69 Å². The normalized spacial score (nSPS) is 14.7. The number of carbonyl (C=O) groups is 2. The molecule has 0 saturated carbocycles. The minimum atomic E-state index is -0.903. The van der Waals surface area contributed by atoms with Crippen molar-refractivity contribution in [3.8, 4) is 0 Å². The fourth-order valence-corrected chi connectivity index (χ4v) is 4.62. The molecule has 0 aliphatic carbocycles. The quantitative estimate of drug-likeness (QED) is 0.491. The van der Waals surface area contributed by atoms with Gasteiger partial charge in [-0.05, 0) is 74.0 Å². The SMILES string of the molecule is CCc1c(C(=O)NCC2CCN(Cc3ccc(C(=O)O)cc3)CC2)nnn1Cc1ccccc1C. The van der Waals surface area contributed by atoms with Crippen molar-refractivity contribution >= 4 is 11.9 Å². The molecule has 2 N–H and O–H groups in total. The van der Waals surface area contributed by atoms with Gasteiger partial charge in [0.25, 0.3) is 5.91 Å². The summed E-state index contributed by atoms with van der Waals surface area (Å²) < 4.78 is 1.83. The number of rotatable bonds is 9. The van der Waals surface area contributed by atoms with Gasteiger partial charge in [0.2, 0.25) is 0 Å². The molecular formula is C27H33N5O3. The van der Waals surface area contributed by atoms with Gasteiger partial charge in [-0.1, -0.05) is 48.5 Å². The molecule has 0 spiro atoms. The number of aromatic carboxylic acids is 1. The number of likely N-dealkylation sites (tertiary alicyclic amines) is 1. The summed E-state index contributed by atoms with van der Waals surface area (Å²) in [5.41, 5.74) is 5.06. The van der Waals surface area contributed by atoms with Crippen molar-refractivity contribution in [3.05, 3.63) is 82.2 Å². The molecule has 8 nitrogen and oxygen atoms in total. The summed E-state index contributed by atoms with van der Waals surface area (Å²) in [5, 5.41) is 20.6. The Kier molecular flexibility index (Phi) is 7.92. The number of aromatic nitrogens is 3. The van der Waals surface area contributed by atoms with E-state index in [1.54, 1.807) is 12.1 Å². The fourth-order valence-electron chi connectivity index (χ4n) is 4.62. The number of amides is 1. The molecule has 0 atom stereocenters. The van der Waals surface area contributed by atoms with Crippen LogP contribution in [0.1, 0.15) is 63.0 Å². The molecule has 1 fully saturated rings. The topological polar surface area (TPSA) is 100 Å². The monoisotopic (exact) mass is 475 g/mol. The van der Waals surface area contributed by atoms with Crippen LogP contribution in [0.2, 0.25) is 0 Å². The Hall–Kier alpha value is -3.52. The van der Waals surface area contributed by atoms with E-state index in [0.717, 1.165) is 43.7 Å². The highest BCUT2D eigenvalue weighted by atomic mass is 16.4. The minimum Gasteiger partial charge on any atom is -0.478 e. The van der Waals surface area contributed by atoms with Crippen LogP contribution < -0.4 is 5.32 Å². The molecule has 8 heteroatoms. The van der Waals surface area contributed by atoms with Gasteiger partial charge in [-0.3, -0.25) is 9.69 Å². The van der Waals surface area contributed by atoms with E-state index in [4.69, 9.17) is 5.11 Å². The number of aryl methyl sites for hydroxylation is 1. The lowest BCUT2D eigenvalue weighted by Gasteiger charge is -2.32. The fraction of sp³-hybridized carbons (Fsp3) is 0.407. The van der Waals surface area contributed by atoms with Crippen molar-refractivity contribution in [2.24, 2.45) is 5.92 Å². The Morgan fingerprint density at radius 1 is 1.06 bits per heavy atom. The van der Waals surface area contributed by atoms with E-state index in [0.29, 0.717) is 36.7 Å². The molecule has 2 aromatic carbocycles. The van der Waals surface area contributed by atoms with Crippen LogP contribution in [0.4, 0.5) is 0 Å². The van der Waals surface area contributed by atoms with Crippen molar-refractivity contribution in [3.63, 3.8) is 0 Å². The van der Waals surface area contributed by atoms with Gasteiger partial charge in [-0.2, -0.15) is 0 Å². The van der Waals surface area contributed by atoms with Crippen molar-refractivity contribution in [1.29, 1.82) is 0 Å². The third kappa shape index (κ3) is 6.14. The van der Waals surface area contributed by atoms with E-state index in [1.807, 2.05) is 35.9 Å². The summed E-state index contributed by atoms with van der Waals surface area (Å²) in [6.45, 7) is 8.05. The van der Waals surface area contributed by atoms with E-state index in [1.165, 1.54) is 11.1 Å². The Bertz CT molecular complexity index is 1160. The van der Waals surface area contributed by atoms with E-state index in [-0.39, 0.29) is 5.91 Å². The van der Waals surface area contributed by atoms with Crippen molar-refractivity contribution in [2.45, 2.75) is 46.2 Å². The molecule has 1 aliphatic heterocycles. The number of carboxylic acid groups (broad SMARTS) is 1. The first-order chi connectivity index (χ1) is 16.9. The first kappa shape index (κ1) is 24.6. The number of benzene rings is 2. The minimum absolute atomic E-state index is 0.154. The predicted molar refractivity (Wildman–Crippen MR) is 133 cm³/mol. The second-order valence-corrected chi connectivity index (χ2v) is 9.25. The van der Waals surface area contributed by atoms with Crippen LogP contribution in [-0.4, -0.2) is 56.5 Å². The highest BCUT2D eigenvalue weighted by molar-refractivity contribution is 5.93. The highest BCUT2D eigenvalue weighted by Crippen LogP contribution is 2.19. The smallest absolute Gasteiger partial charge is 0.335 e. The zero-order valence-electron chi connectivity index (χ0n) is 20.4.